The standard InChI is InChI=1S/C3H7FN2O/c1-2(5)3(7)6-4/h2H,5H2,1H3,(H,6,7). The lowest BCUT2D eigenvalue weighted by molar-refractivity contribution is -0.126. The van der Waals surface area contributed by atoms with Crippen LogP contribution >= 0.6 is 0 Å². The predicted octanol–water partition coefficient (Wildman–Crippen LogP) is -0.666. The number of amides is 1. The largest absolute Gasteiger partial charge is 0.320 e. The van der Waals surface area contributed by atoms with E-state index < -0.39 is 11.9 Å². The Morgan fingerprint density at radius 1 is 2.00 bits per heavy atom. The number of nitrogens with two attached hydrogens (primary N) is 1. The van der Waals surface area contributed by atoms with Crippen LogP contribution in [-0.4, -0.2) is 11.9 Å². The summed E-state index contributed by atoms with van der Waals surface area (Å²) >= 11 is 0. The Morgan fingerprint density at radius 3 is 2.43 bits per heavy atom. The predicted molar refractivity (Wildman–Crippen MR) is 22.9 cm³/mol. The third-order valence-corrected chi connectivity index (χ3v) is 0.507. The van der Waals surface area contributed by atoms with Crippen molar-refractivity contribution in [2.75, 3.05) is 0 Å². The maximum Gasteiger partial charge on any atom is 0.264 e. The minimum atomic E-state index is -0.792. The van der Waals surface area contributed by atoms with E-state index in [0.29, 0.717) is 0 Å². The Kier molecular flexibility index (Phi) is 2.29. The van der Waals surface area contributed by atoms with Gasteiger partial charge in [-0.15, -0.1) is 4.48 Å². The van der Waals surface area contributed by atoms with Crippen molar-refractivity contribution in [1.29, 1.82) is 0 Å². The van der Waals surface area contributed by atoms with Crippen LogP contribution in [-0.2, 0) is 4.79 Å². The van der Waals surface area contributed by atoms with Gasteiger partial charge < -0.3 is 5.73 Å². The van der Waals surface area contributed by atoms with Gasteiger partial charge in [0, 0.05) is 0 Å². The minimum absolute atomic E-state index is 0.759. The molecule has 7 heavy (non-hydrogen) atoms. The Hall–Kier alpha value is -0.640. The van der Waals surface area contributed by atoms with Gasteiger partial charge in [-0.25, -0.2) is 0 Å². The molecule has 0 rings (SSSR count). The number of nitrogens with one attached hydrogen (secondary N) is 1. The molecule has 1 amide bonds. The highest BCUT2D eigenvalue weighted by atomic mass is 19.2. The Morgan fingerprint density at radius 2 is 2.43 bits per heavy atom. The molecule has 1 unspecified atom stereocenters. The molecule has 0 aromatic heterocycles. The number of carbonyl (C=O) groups excluding carboxylic acids is 1. The van der Waals surface area contributed by atoms with Crippen molar-refractivity contribution in [3.05, 3.63) is 0 Å². The summed E-state index contributed by atoms with van der Waals surface area (Å²) in [6, 6.07) is -0.759. The lowest BCUT2D eigenvalue weighted by Gasteiger charge is -1.95. The summed E-state index contributed by atoms with van der Waals surface area (Å²) in [5.41, 5.74) is 5.79. The second kappa shape index (κ2) is 2.52. The summed E-state index contributed by atoms with van der Waals surface area (Å²) in [5.74, 6) is -0.792. The van der Waals surface area contributed by atoms with Crippen LogP contribution in [0.4, 0.5) is 4.48 Å². The Bertz CT molecular complexity index is 73.3. The third-order valence-electron chi connectivity index (χ3n) is 0.507. The van der Waals surface area contributed by atoms with Crippen LogP contribution in [0.5, 0.6) is 0 Å². The first kappa shape index (κ1) is 6.36. The van der Waals surface area contributed by atoms with Gasteiger partial charge >= 0.3 is 0 Å². The van der Waals surface area contributed by atoms with Crippen molar-refractivity contribution in [2.45, 2.75) is 13.0 Å². The zero-order valence-electron chi connectivity index (χ0n) is 3.94. The number of rotatable bonds is 1. The van der Waals surface area contributed by atoms with Gasteiger partial charge in [-0.1, -0.05) is 0 Å². The highest BCUT2D eigenvalue weighted by Gasteiger charge is 2.03. The molecule has 42 valence electrons. The molecule has 0 radical (unpaired) electrons. The van der Waals surface area contributed by atoms with Crippen molar-refractivity contribution in [3.63, 3.8) is 0 Å². The third kappa shape index (κ3) is 2.11. The Balaban J connectivity index is 3.35. The quantitative estimate of drug-likeness (QED) is 0.436. The molecule has 0 spiro atoms. The van der Waals surface area contributed by atoms with Crippen molar-refractivity contribution in [1.82, 2.24) is 5.54 Å². The molecule has 0 saturated heterocycles. The molecular weight excluding hydrogens is 99.0 g/mol. The van der Waals surface area contributed by atoms with Crippen LogP contribution in [0.25, 0.3) is 0 Å². The highest BCUT2D eigenvalue weighted by Crippen LogP contribution is 1.71. The summed E-state index contributed by atoms with van der Waals surface area (Å²) in [5, 5.41) is 0. The number of carbonyl (C=O) groups is 1. The molecule has 0 aromatic carbocycles. The van der Waals surface area contributed by atoms with Gasteiger partial charge in [0.05, 0.1) is 6.04 Å². The second-order valence-corrected chi connectivity index (χ2v) is 1.25. The van der Waals surface area contributed by atoms with Crippen LogP contribution in [0, 0.1) is 0 Å². The van der Waals surface area contributed by atoms with E-state index >= 15 is 0 Å². The Labute approximate surface area is 40.6 Å². The lowest BCUT2D eigenvalue weighted by atomic mass is 10.4. The topological polar surface area (TPSA) is 55.1 Å². The minimum Gasteiger partial charge on any atom is -0.320 e. The molecule has 0 fully saturated rings. The van der Waals surface area contributed by atoms with Crippen molar-refractivity contribution >= 4 is 5.91 Å². The summed E-state index contributed by atoms with van der Waals surface area (Å²) in [4.78, 5) is 9.90. The van der Waals surface area contributed by atoms with E-state index in [1.807, 2.05) is 0 Å². The van der Waals surface area contributed by atoms with E-state index in [4.69, 9.17) is 5.73 Å². The van der Waals surface area contributed by atoms with Crippen LogP contribution in [0.3, 0.4) is 0 Å². The maximum atomic E-state index is 11.0. The van der Waals surface area contributed by atoms with Gasteiger partial charge in [0.25, 0.3) is 5.91 Å². The smallest absolute Gasteiger partial charge is 0.264 e. The SMILES string of the molecule is CC(N)C(=O)NF. The molecule has 4 heteroatoms. The molecule has 0 bridgehead atoms. The first-order valence-corrected chi connectivity index (χ1v) is 1.84. The molecule has 0 aliphatic heterocycles. The molecule has 0 saturated carbocycles. The maximum absolute atomic E-state index is 11.0. The average molecular weight is 106 g/mol. The van der Waals surface area contributed by atoms with Gasteiger partial charge in [0.2, 0.25) is 0 Å². The fourth-order valence-corrected chi connectivity index (χ4v) is 0.0861. The van der Waals surface area contributed by atoms with Crippen molar-refractivity contribution in [2.24, 2.45) is 5.73 Å². The van der Waals surface area contributed by atoms with E-state index in [9.17, 15) is 9.28 Å². The van der Waals surface area contributed by atoms with Crippen molar-refractivity contribution in [3.8, 4) is 0 Å². The first-order chi connectivity index (χ1) is 3.18. The van der Waals surface area contributed by atoms with Gasteiger partial charge in [0.15, 0.2) is 0 Å². The summed E-state index contributed by atoms with van der Waals surface area (Å²) in [6.45, 7) is 1.40. The van der Waals surface area contributed by atoms with Gasteiger partial charge in [-0.3, -0.25) is 4.79 Å². The summed E-state index contributed by atoms with van der Waals surface area (Å²) in [6.07, 6.45) is 0. The molecule has 0 aliphatic carbocycles. The normalized spacial score (nSPS) is 13.0. The molecule has 0 heterocycles. The first-order valence-electron chi connectivity index (χ1n) is 1.84. The number of halogens is 1. The number of hydrogen-bond acceptors (Lipinski definition) is 2. The number of hydrogen-bond donors (Lipinski definition) is 2. The van der Waals surface area contributed by atoms with Gasteiger partial charge in [-0.2, -0.15) is 5.54 Å². The van der Waals surface area contributed by atoms with Crippen LogP contribution in [0.15, 0.2) is 0 Å². The average Bonchev–Trinajstić information content (AvgIpc) is 1.65. The molecule has 0 aliphatic rings. The van der Waals surface area contributed by atoms with Crippen molar-refractivity contribution < 1.29 is 9.28 Å². The van der Waals surface area contributed by atoms with Crippen LogP contribution in [0.1, 0.15) is 6.92 Å². The van der Waals surface area contributed by atoms with Crippen LogP contribution in [0.2, 0.25) is 0 Å². The molecule has 0 aromatic rings. The van der Waals surface area contributed by atoms with E-state index in [2.05, 4.69) is 0 Å². The van der Waals surface area contributed by atoms with Crippen LogP contribution < -0.4 is 11.3 Å². The fourth-order valence-electron chi connectivity index (χ4n) is 0.0861. The fraction of sp³-hybridized carbons (Fsp3) is 0.667. The molecule has 3 N–H and O–H groups in total. The van der Waals surface area contributed by atoms with Gasteiger partial charge in [-0.05, 0) is 6.92 Å². The zero-order chi connectivity index (χ0) is 5.86. The monoisotopic (exact) mass is 106 g/mol. The highest BCUT2D eigenvalue weighted by molar-refractivity contribution is 5.79. The van der Waals surface area contributed by atoms with E-state index in [1.165, 1.54) is 6.92 Å². The van der Waals surface area contributed by atoms with E-state index in [-0.39, 0.29) is 0 Å². The second-order valence-electron chi connectivity index (χ2n) is 1.25. The molecule has 1 atom stereocenters. The van der Waals surface area contributed by atoms with E-state index in [0.717, 1.165) is 5.54 Å². The molecular formula is C3H7FN2O. The molecule has 3 nitrogen and oxygen atoms in total. The summed E-state index contributed by atoms with van der Waals surface area (Å²) < 4.78 is 11.0. The van der Waals surface area contributed by atoms with E-state index in [1.54, 1.807) is 0 Å². The lowest BCUT2D eigenvalue weighted by Crippen LogP contribution is -2.33. The summed E-state index contributed by atoms with van der Waals surface area (Å²) in [7, 11) is 0. The zero-order valence-corrected chi connectivity index (χ0v) is 3.94. The van der Waals surface area contributed by atoms with Gasteiger partial charge in [0.1, 0.15) is 0 Å².